The number of carboxylic acids is 1. The number of carbonyl (C=O) groups excluding carboxylic acids is 4. The first-order chi connectivity index (χ1) is 31.0. The monoisotopic (exact) mass is 1190 g/mol. The van der Waals surface area contributed by atoms with Crippen LogP contribution in [0.1, 0.15) is 80.9 Å². The molecule has 2 aromatic rings. The van der Waals surface area contributed by atoms with Crippen LogP contribution in [0.2, 0.25) is 0 Å². The number of carboxylic acid groups (broad SMARTS) is 1. The number of rotatable bonds is 9. The van der Waals surface area contributed by atoms with Crippen molar-refractivity contribution in [1.82, 2.24) is 25.8 Å². The normalized spacial score (nSPS) is 16.1. The third kappa shape index (κ3) is 28.0. The molecule has 379 valence electrons. The van der Waals surface area contributed by atoms with Crippen LogP contribution in [0, 0.1) is 47.4 Å². The van der Waals surface area contributed by atoms with E-state index in [2.05, 4.69) is 16.0 Å². The van der Waals surface area contributed by atoms with Crippen molar-refractivity contribution < 1.29 is 83.9 Å². The van der Waals surface area contributed by atoms with Crippen LogP contribution in [-0.4, -0.2) is 153 Å². The van der Waals surface area contributed by atoms with E-state index < -0.39 is 47.1 Å². The fourth-order valence-electron chi connectivity index (χ4n) is 5.90. The first-order valence-corrected chi connectivity index (χ1v) is 21.6. The number of ether oxygens (including phenoxy) is 5. The molecule has 0 spiro atoms. The summed E-state index contributed by atoms with van der Waals surface area (Å²) in [6.07, 6.45) is -1.31. The molecule has 3 aliphatic heterocycles. The Morgan fingerprint density at radius 1 is 0.672 bits per heavy atom. The van der Waals surface area contributed by atoms with Gasteiger partial charge in [-0.1, -0.05) is 130 Å². The van der Waals surface area contributed by atoms with Crippen molar-refractivity contribution in [2.75, 3.05) is 78.9 Å². The molecule has 1 radical (unpaired) electrons. The van der Waals surface area contributed by atoms with Gasteiger partial charge < -0.3 is 60.3 Å². The van der Waals surface area contributed by atoms with Crippen molar-refractivity contribution in [1.29, 1.82) is 2.67 Å². The Balaban J connectivity index is -0.000000868. The van der Waals surface area contributed by atoms with Crippen molar-refractivity contribution in [3.05, 3.63) is 71.8 Å². The molecule has 3 heterocycles. The fraction of sp³-hybridized carbons (Fsp3) is 0.638. The molecule has 0 unspecified atom stereocenters. The van der Waals surface area contributed by atoms with Gasteiger partial charge in [-0.3, -0.25) is 9.59 Å². The molecule has 20 heteroatoms. The average molecular weight is 1190 g/mol. The van der Waals surface area contributed by atoms with Gasteiger partial charge in [0.15, 0.2) is 0 Å². The van der Waals surface area contributed by atoms with Crippen LogP contribution >= 0.6 is 13.5 Å². The van der Waals surface area contributed by atoms with Crippen molar-refractivity contribution in [2.24, 2.45) is 22.0 Å². The maximum Gasteiger partial charge on any atom is 0.408 e. The third-order valence-corrected chi connectivity index (χ3v) is 9.87. The van der Waals surface area contributed by atoms with Gasteiger partial charge in [0.1, 0.15) is 25.3 Å². The van der Waals surface area contributed by atoms with Gasteiger partial charge in [-0.05, 0) is 30.0 Å². The van der Waals surface area contributed by atoms with Gasteiger partial charge in [0.2, 0.25) is 11.8 Å². The van der Waals surface area contributed by atoms with Gasteiger partial charge in [-0.25, -0.2) is 14.4 Å². The molecular weight excluding hydrogens is 1110 g/mol. The van der Waals surface area contributed by atoms with E-state index in [9.17, 15) is 24.0 Å². The zero-order valence-electron chi connectivity index (χ0n) is 42.5. The van der Waals surface area contributed by atoms with Gasteiger partial charge in [-0.15, -0.1) is 0 Å². The first kappa shape index (κ1) is 63.7. The standard InChI is InChI=1S/C18H26N2O4.C14H19NO4.C10H20N2O2.C4H9NO.CH4.BH2.H2S.U/c1-18(2,3)15(16(21)20-9-11-23-12-10-20)19-17(22)24-13-14-7-5-4-6-8-14;1-14(2,3)11(12(16)17)15-13(18)19-9-10-7-5-4-6-8-10;1-10(2,3)8(11)9(13)12-4-6-14-7-5-12;1-3-6-4-2-5-1;;;;/h4-8,15H,9-13H2,1-3H3,(H,19,22);4-8,11H,9H2,1-3H3,(H,15,18)(H,16,17);8H,4-7,11H2,1-3H3;5H,1-4H2;1H4;2*1H2;/t15-;11-;8-;;;;;/m111...../s1/i;;;;;1T2;;. The maximum absolute atomic E-state index is 12.8. The molecule has 6 N–H and O–H groups in total. The molecule has 4 amide bonds. The van der Waals surface area contributed by atoms with Crippen LogP contribution in [0.25, 0.3) is 0 Å². The van der Waals surface area contributed by atoms with Crippen LogP contribution in [-0.2, 0) is 51.3 Å². The molecule has 3 aliphatic rings. The Hall–Kier alpha value is -3.34. The van der Waals surface area contributed by atoms with Gasteiger partial charge >= 0.3 is 18.2 Å². The quantitative estimate of drug-likeness (QED) is 0.222. The van der Waals surface area contributed by atoms with Crippen LogP contribution in [0.3, 0.4) is 0 Å². The van der Waals surface area contributed by atoms with Gasteiger partial charge in [0.05, 0.1) is 54.0 Å². The number of nitrogens with zero attached hydrogens (tertiary/aromatic N) is 2. The van der Waals surface area contributed by atoms with Crippen LogP contribution in [0.5, 0.6) is 0 Å². The van der Waals surface area contributed by atoms with Crippen molar-refractivity contribution in [2.45, 2.75) is 101 Å². The number of alkyl carbamates (subject to hydrolysis) is 2. The summed E-state index contributed by atoms with van der Waals surface area (Å²) in [4.78, 5) is 63.0. The van der Waals surface area contributed by atoms with Gasteiger partial charge in [0, 0.05) is 70.4 Å². The minimum absolute atomic E-state index is 0. The zero-order valence-corrected chi connectivity index (χ0v) is 45.6. The van der Waals surface area contributed by atoms with E-state index >= 15 is 0 Å². The molecule has 5 rings (SSSR count). The first-order valence-electron chi connectivity index (χ1n) is 22.7. The predicted octanol–water partition coefficient (Wildman–Crippen LogP) is 4.26. The summed E-state index contributed by atoms with van der Waals surface area (Å²) in [7, 11) is 0.500. The van der Waals surface area contributed by atoms with E-state index in [0.717, 1.165) is 37.4 Å². The molecule has 2 aromatic carbocycles. The maximum atomic E-state index is 12.8. The zero-order chi connectivity index (χ0) is 49.8. The fourth-order valence-corrected chi connectivity index (χ4v) is 5.90. The smallest absolute Gasteiger partial charge is 0.408 e. The Morgan fingerprint density at radius 3 is 1.31 bits per heavy atom. The van der Waals surface area contributed by atoms with Crippen LogP contribution in [0.4, 0.5) is 9.59 Å². The number of benzene rings is 2. The molecule has 3 atom stereocenters. The number of hydrogen-bond acceptors (Lipinski definition) is 12. The Kier molecular flexibility index (Phi) is 33.1. The third-order valence-electron chi connectivity index (χ3n) is 9.87. The number of hydrogen-bond donors (Lipinski definition) is 5. The largest absolute Gasteiger partial charge is 0.480 e. The molecule has 17 nitrogen and oxygen atoms in total. The second-order valence-electron chi connectivity index (χ2n) is 18.4. The molecule has 0 saturated carbocycles. The summed E-state index contributed by atoms with van der Waals surface area (Å²) in [5.41, 5.74) is 6.47. The minimum atomic E-state index is -1.08. The van der Waals surface area contributed by atoms with E-state index in [1.165, 1.54) is 0 Å². The van der Waals surface area contributed by atoms with E-state index in [4.69, 9.17) is 37.2 Å². The predicted molar refractivity (Wildman–Crippen MR) is 265 cm³/mol. The van der Waals surface area contributed by atoms with Gasteiger partial charge in [-0.2, -0.15) is 13.5 Å². The number of nitrogens with one attached hydrogen (secondary N) is 3. The minimum Gasteiger partial charge on any atom is -0.480 e. The number of aliphatic carboxylic acids is 1. The summed E-state index contributed by atoms with van der Waals surface area (Å²) in [5, 5.41) is 17.3. The number of amides is 4. The topological polar surface area (TPSA) is 220 Å². The Bertz CT molecular complexity index is 1690. The van der Waals surface area contributed by atoms with Crippen LogP contribution in [0.15, 0.2) is 60.7 Å². The molecule has 0 aromatic heterocycles. The Morgan fingerprint density at radius 2 is 1.01 bits per heavy atom. The van der Waals surface area contributed by atoms with E-state index in [1.54, 1.807) is 30.6 Å². The van der Waals surface area contributed by atoms with Crippen molar-refractivity contribution in [3.8, 4) is 0 Å². The summed E-state index contributed by atoms with van der Waals surface area (Å²) in [6, 6.07) is 16.6. The molecule has 67 heavy (non-hydrogen) atoms. The molecule has 3 saturated heterocycles. The Labute approximate surface area is 435 Å². The average Bonchev–Trinajstić information content (AvgIpc) is 3.29. The molecule has 3 fully saturated rings. The van der Waals surface area contributed by atoms with Crippen molar-refractivity contribution in [3.63, 3.8) is 0 Å². The molecule has 0 aliphatic carbocycles. The van der Waals surface area contributed by atoms with Crippen LogP contribution < -0.4 is 21.7 Å². The second kappa shape index (κ2) is 34.9. The number of carbonyl (C=O) groups is 5. The molecular formula is C47H82BN6O11SU. The number of nitrogens with two attached hydrogens (primary N) is 1. The second-order valence-corrected chi connectivity index (χ2v) is 18.4. The van der Waals surface area contributed by atoms with E-state index in [0.29, 0.717) is 60.9 Å². The van der Waals surface area contributed by atoms with Crippen molar-refractivity contribution >= 4 is 51.8 Å². The number of morpholine rings is 3. The van der Waals surface area contributed by atoms with Gasteiger partial charge in [0.25, 0.3) is 0 Å². The summed E-state index contributed by atoms with van der Waals surface area (Å²) >= 11 is 0. The van der Waals surface area contributed by atoms with E-state index in [-0.39, 0.29) is 82.5 Å². The summed E-state index contributed by atoms with van der Waals surface area (Å²) in [5.74, 6) is -1.13. The summed E-state index contributed by atoms with van der Waals surface area (Å²) in [6.45, 7) is 25.8. The van der Waals surface area contributed by atoms with E-state index in [1.807, 2.05) is 102 Å². The molecule has 0 bridgehead atoms. The SMILES string of the molecule is C.C1COCCN1.CC(C)(C)[C@H](N)C(=O)N1CCOCC1.CC(C)(C)[C@H](NC(=O)OCc1ccccc1)C(=O)N1CCOCC1.CC(C)(C)[C@H](NC(=O)OCc1ccccc1)C(=O)O.S.[3H][B][3H].[U]. The summed E-state index contributed by atoms with van der Waals surface area (Å²) < 4.78 is 37.2.